The molecule has 0 aromatic rings. The van der Waals surface area contributed by atoms with Crippen molar-refractivity contribution in [2.75, 3.05) is 25.0 Å². The summed E-state index contributed by atoms with van der Waals surface area (Å²) in [5, 5.41) is 4.02. The number of nitrogens with one attached hydrogen (secondary N) is 1. The van der Waals surface area contributed by atoms with Crippen LogP contribution in [0.4, 0.5) is 0 Å². The maximum atomic E-state index is 4.02. The second-order valence-corrected chi connectivity index (χ2v) is 9.23. The molecular formula is C15H35NP+. The Morgan fingerprint density at radius 3 is 1.59 bits per heavy atom. The molecular weight excluding hydrogens is 225 g/mol. The molecule has 0 atom stereocenters. The van der Waals surface area contributed by atoms with Crippen LogP contribution < -0.4 is 5.09 Å². The van der Waals surface area contributed by atoms with Gasteiger partial charge in [-0.1, -0.05) is 47.0 Å². The van der Waals surface area contributed by atoms with Gasteiger partial charge < -0.3 is 0 Å². The molecule has 17 heavy (non-hydrogen) atoms. The Morgan fingerprint density at radius 2 is 1.18 bits per heavy atom. The van der Waals surface area contributed by atoms with Crippen molar-refractivity contribution in [3.05, 3.63) is 0 Å². The summed E-state index contributed by atoms with van der Waals surface area (Å²) in [6.07, 6.45) is 14.0. The summed E-state index contributed by atoms with van der Waals surface area (Å²) in [5.41, 5.74) is 0. The van der Waals surface area contributed by atoms with E-state index in [4.69, 9.17) is 0 Å². The van der Waals surface area contributed by atoms with Crippen molar-refractivity contribution in [3.63, 3.8) is 0 Å². The third kappa shape index (κ3) is 8.16. The predicted molar refractivity (Wildman–Crippen MR) is 84.5 cm³/mol. The van der Waals surface area contributed by atoms with Gasteiger partial charge in [-0.2, -0.15) is 5.09 Å². The van der Waals surface area contributed by atoms with Gasteiger partial charge in [0.25, 0.3) is 0 Å². The smallest absolute Gasteiger partial charge is 0.0799 e. The van der Waals surface area contributed by atoms with E-state index in [2.05, 4.69) is 32.8 Å². The van der Waals surface area contributed by atoms with Crippen LogP contribution in [-0.2, 0) is 0 Å². The number of unbranched alkanes of at least 4 members (excludes halogenated alkanes) is 3. The molecule has 0 aliphatic heterocycles. The third-order valence-electron chi connectivity index (χ3n) is 3.51. The second-order valence-electron chi connectivity index (χ2n) is 5.28. The first-order valence-corrected chi connectivity index (χ1v) is 10.2. The minimum Gasteiger partial charge on any atom is -0.192 e. The molecule has 0 aromatic heterocycles. The predicted octanol–water partition coefficient (Wildman–Crippen LogP) is 5.32. The first-order chi connectivity index (χ1) is 8.24. The highest BCUT2D eigenvalue weighted by atomic mass is 31.2. The minimum atomic E-state index is -0.809. The SMILES string of the molecule is CCCCN[P+](CCC)(CCCC)CCCC. The van der Waals surface area contributed by atoms with Crippen LogP contribution in [0.5, 0.6) is 0 Å². The van der Waals surface area contributed by atoms with E-state index in [1.165, 1.54) is 70.0 Å². The standard InChI is InChI=1S/C15H35NP/c1-5-9-12-16-17(13-8-4,14-10-6-2)15-11-7-3/h16H,5-15H2,1-4H3/q+1. The van der Waals surface area contributed by atoms with Gasteiger partial charge in [0.05, 0.1) is 25.9 Å². The maximum absolute atomic E-state index is 4.02. The van der Waals surface area contributed by atoms with Crippen molar-refractivity contribution in [3.8, 4) is 0 Å². The van der Waals surface area contributed by atoms with Crippen LogP contribution in [0.15, 0.2) is 0 Å². The van der Waals surface area contributed by atoms with Crippen LogP contribution in [0.2, 0.25) is 0 Å². The van der Waals surface area contributed by atoms with E-state index in [1.54, 1.807) is 0 Å². The highest BCUT2D eigenvalue weighted by Gasteiger charge is 2.34. The van der Waals surface area contributed by atoms with Gasteiger partial charge >= 0.3 is 0 Å². The Kier molecular flexibility index (Phi) is 11.7. The average Bonchev–Trinajstić information content (AvgIpc) is 2.34. The monoisotopic (exact) mass is 260 g/mol. The van der Waals surface area contributed by atoms with E-state index in [0.717, 1.165) is 0 Å². The molecule has 0 heterocycles. The van der Waals surface area contributed by atoms with Crippen LogP contribution in [0.25, 0.3) is 0 Å². The van der Waals surface area contributed by atoms with Gasteiger partial charge in [0, 0.05) is 6.54 Å². The molecule has 0 saturated heterocycles. The lowest BCUT2D eigenvalue weighted by Crippen LogP contribution is -2.25. The minimum absolute atomic E-state index is 0.809. The molecule has 1 N–H and O–H groups in total. The second kappa shape index (κ2) is 11.5. The number of hydrogen-bond donors (Lipinski definition) is 1. The number of rotatable bonds is 12. The van der Waals surface area contributed by atoms with Gasteiger partial charge in [0.2, 0.25) is 0 Å². The van der Waals surface area contributed by atoms with Gasteiger partial charge in [-0.15, -0.1) is 0 Å². The Morgan fingerprint density at radius 1 is 0.647 bits per heavy atom. The Bertz CT molecular complexity index is 151. The quantitative estimate of drug-likeness (QED) is 0.370. The molecule has 1 nitrogen and oxygen atoms in total. The topological polar surface area (TPSA) is 12.0 Å². The molecule has 0 spiro atoms. The van der Waals surface area contributed by atoms with Crippen LogP contribution >= 0.6 is 7.41 Å². The maximum Gasteiger partial charge on any atom is 0.0799 e. The van der Waals surface area contributed by atoms with E-state index in [1.807, 2.05) is 0 Å². The van der Waals surface area contributed by atoms with Gasteiger partial charge in [0.15, 0.2) is 0 Å². The molecule has 0 aromatic carbocycles. The van der Waals surface area contributed by atoms with E-state index in [9.17, 15) is 0 Å². The molecule has 0 radical (unpaired) electrons. The fourth-order valence-electron chi connectivity index (χ4n) is 2.42. The van der Waals surface area contributed by atoms with Crippen molar-refractivity contribution in [1.29, 1.82) is 0 Å². The summed E-state index contributed by atoms with van der Waals surface area (Å²) in [7, 11) is -0.809. The summed E-state index contributed by atoms with van der Waals surface area (Å²) in [6.45, 7) is 10.6. The van der Waals surface area contributed by atoms with Crippen LogP contribution in [0, 0.1) is 0 Å². The van der Waals surface area contributed by atoms with Crippen LogP contribution in [-0.4, -0.2) is 25.0 Å². The van der Waals surface area contributed by atoms with Gasteiger partial charge in [-0.25, -0.2) is 0 Å². The Hall–Kier alpha value is 0.390. The summed E-state index contributed by atoms with van der Waals surface area (Å²) < 4.78 is 0. The lowest BCUT2D eigenvalue weighted by molar-refractivity contribution is 0.749. The lowest BCUT2D eigenvalue weighted by atomic mass is 10.3. The molecule has 0 bridgehead atoms. The molecule has 0 rings (SSSR count). The zero-order chi connectivity index (χ0) is 13.0. The molecule has 0 aliphatic carbocycles. The largest absolute Gasteiger partial charge is 0.192 e. The van der Waals surface area contributed by atoms with E-state index in [0.29, 0.717) is 0 Å². The third-order valence-corrected chi connectivity index (χ3v) is 8.05. The zero-order valence-corrected chi connectivity index (χ0v) is 13.6. The molecule has 0 unspecified atom stereocenters. The highest BCUT2D eigenvalue weighted by Crippen LogP contribution is 2.56. The molecule has 104 valence electrons. The van der Waals surface area contributed by atoms with E-state index >= 15 is 0 Å². The summed E-state index contributed by atoms with van der Waals surface area (Å²) in [6, 6.07) is 0. The van der Waals surface area contributed by atoms with Gasteiger partial charge in [0.1, 0.15) is 0 Å². The van der Waals surface area contributed by atoms with Crippen molar-refractivity contribution in [2.45, 2.75) is 72.6 Å². The summed E-state index contributed by atoms with van der Waals surface area (Å²) in [5.74, 6) is 0. The van der Waals surface area contributed by atoms with Crippen LogP contribution in [0.1, 0.15) is 72.6 Å². The first-order valence-electron chi connectivity index (χ1n) is 7.85. The van der Waals surface area contributed by atoms with Gasteiger partial charge in [-0.05, 0) is 25.7 Å². The molecule has 0 amide bonds. The fourth-order valence-corrected chi connectivity index (χ4v) is 6.89. The van der Waals surface area contributed by atoms with Crippen molar-refractivity contribution in [1.82, 2.24) is 5.09 Å². The Balaban J connectivity index is 4.32. The highest BCUT2D eigenvalue weighted by molar-refractivity contribution is 7.74. The molecule has 2 heteroatoms. The number of hydrogen-bond acceptors (Lipinski definition) is 1. The van der Waals surface area contributed by atoms with Gasteiger partial charge in [-0.3, -0.25) is 0 Å². The van der Waals surface area contributed by atoms with Crippen molar-refractivity contribution in [2.24, 2.45) is 0 Å². The first kappa shape index (κ1) is 17.4. The lowest BCUT2D eigenvalue weighted by Gasteiger charge is -2.28. The van der Waals surface area contributed by atoms with Crippen molar-refractivity contribution < 1.29 is 0 Å². The van der Waals surface area contributed by atoms with E-state index in [-0.39, 0.29) is 0 Å². The zero-order valence-electron chi connectivity index (χ0n) is 12.7. The summed E-state index contributed by atoms with van der Waals surface area (Å²) in [4.78, 5) is 0. The van der Waals surface area contributed by atoms with Crippen molar-refractivity contribution >= 4 is 7.41 Å². The average molecular weight is 260 g/mol. The summed E-state index contributed by atoms with van der Waals surface area (Å²) >= 11 is 0. The van der Waals surface area contributed by atoms with E-state index < -0.39 is 7.41 Å². The fraction of sp³-hybridized carbons (Fsp3) is 1.00. The Labute approximate surface area is 111 Å². The molecule has 0 fully saturated rings. The normalized spacial score (nSPS) is 12.0. The molecule has 0 aliphatic rings. The molecule has 0 saturated carbocycles. The van der Waals surface area contributed by atoms with Crippen LogP contribution in [0.3, 0.4) is 0 Å².